The van der Waals surface area contributed by atoms with Crippen molar-refractivity contribution >= 4 is 27.5 Å². The average molecular weight is 330 g/mol. The highest BCUT2D eigenvalue weighted by molar-refractivity contribution is 9.10. The van der Waals surface area contributed by atoms with E-state index in [1.54, 1.807) is 0 Å². The monoisotopic (exact) mass is 329 g/mol. The van der Waals surface area contributed by atoms with Gasteiger partial charge < -0.3 is 4.90 Å². The number of benzene rings is 2. The molecular formula is C17H16BrNO. The van der Waals surface area contributed by atoms with Gasteiger partial charge in [-0.25, -0.2) is 0 Å². The van der Waals surface area contributed by atoms with E-state index in [2.05, 4.69) is 41.1 Å². The van der Waals surface area contributed by atoms with Crippen LogP contribution in [0.2, 0.25) is 0 Å². The molecule has 0 atom stereocenters. The maximum atomic E-state index is 12.7. The molecule has 1 heterocycles. The molecular weight excluding hydrogens is 314 g/mol. The fraction of sp³-hybridized carbons (Fsp3) is 0.235. The number of halogens is 1. The van der Waals surface area contributed by atoms with E-state index in [-0.39, 0.29) is 5.91 Å². The largest absolute Gasteiger partial charge is 0.308 e. The van der Waals surface area contributed by atoms with Gasteiger partial charge in [-0.05, 0) is 55.7 Å². The van der Waals surface area contributed by atoms with Crippen molar-refractivity contribution in [2.75, 3.05) is 11.4 Å². The van der Waals surface area contributed by atoms with Crippen LogP contribution in [0.1, 0.15) is 27.9 Å². The predicted octanol–water partition coefficient (Wildman–Crippen LogP) is 4.35. The lowest BCUT2D eigenvalue weighted by Crippen LogP contribution is -2.35. The number of fused-ring (bicyclic) bond motifs is 1. The summed E-state index contributed by atoms with van der Waals surface area (Å²) in [6, 6.07) is 13.9. The lowest BCUT2D eigenvalue weighted by molar-refractivity contribution is 0.0985. The fourth-order valence-corrected chi connectivity index (χ4v) is 2.95. The van der Waals surface area contributed by atoms with Crippen LogP contribution in [0.15, 0.2) is 46.9 Å². The van der Waals surface area contributed by atoms with Crippen LogP contribution < -0.4 is 4.90 Å². The van der Waals surface area contributed by atoms with E-state index in [9.17, 15) is 4.79 Å². The van der Waals surface area contributed by atoms with Gasteiger partial charge in [-0.3, -0.25) is 4.79 Å². The maximum Gasteiger partial charge on any atom is 0.258 e. The van der Waals surface area contributed by atoms with Gasteiger partial charge in [-0.2, -0.15) is 0 Å². The van der Waals surface area contributed by atoms with Crippen LogP contribution in [-0.4, -0.2) is 12.5 Å². The number of carbonyl (C=O) groups is 1. The number of hydrogen-bond acceptors (Lipinski definition) is 1. The lowest BCUT2D eigenvalue weighted by Gasteiger charge is -2.30. The minimum Gasteiger partial charge on any atom is -0.308 e. The molecule has 1 amide bonds. The number of amides is 1. The zero-order valence-corrected chi connectivity index (χ0v) is 13.0. The molecule has 2 nitrogen and oxygen atoms in total. The Hall–Kier alpha value is -1.61. The zero-order chi connectivity index (χ0) is 14.1. The first kappa shape index (κ1) is 13.4. The topological polar surface area (TPSA) is 20.3 Å². The molecule has 0 radical (unpaired) electrons. The van der Waals surface area contributed by atoms with E-state index in [0.29, 0.717) is 0 Å². The van der Waals surface area contributed by atoms with Crippen LogP contribution >= 0.6 is 15.9 Å². The Kier molecular flexibility index (Phi) is 3.62. The molecule has 0 saturated heterocycles. The summed E-state index contributed by atoms with van der Waals surface area (Å²) in [6.07, 6.45) is 2.08. The first-order valence-electron chi connectivity index (χ1n) is 6.82. The van der Waals surface area contributed by atoms with Gasteiger partial charge in [0, 0.05) is 22.3 Å². The molecule has 2 aromatic rings. The average Bonchev–Trinajstić information content (AvgIpc) is 2.46. The summed E-state index contributed by atoms with van der Waals surface area (Å²) in [5, 5.41) is 0. The Bertz CT molecular complexity index is 649. The molecule has 0 N–H and O–H groups in total. The molecule has 0 saturated carbocycles. The molecule has 1 aliphatic heterocycles. The maximum absolute atomic E-state index is 12.7. The quantitative estimate of drug-likeness (QED) is 0.761. The van der Waals surface area contributed by atoms with E-state index in [1.807, 2.05) is 29.2 Å². The molecule has 0 spiro atoms. The number of hydrogen-bond donors (Lipinski definition) is 0. The van der Waals surface area contributed by atoms with Crippen molar-refractivity contribution in [3.05, 3.63) is 63.6 Å². The smallest absolute Gasteiger partial charge is 0.258 e. The highest BCUT2D eigenvalue weighted by Crippen LogP contribution is 2.29. The second-order valence-corrected chi connectivity index (χ2v) is 6.12. The number of nitrogens with zero attached hydrogens (tertiary/aromatic N) is 1. The minimum atomic E-state index is 0.0855. The zero-order valence-electron chi connectivity index (χ0n) is 11.4. The lowest BCUT2D eigenvalue weighted by atomic mass is 9.99. The molecule has 3 heteroatoms. The number of aryl methyl sites for hydroxylation is 2. The van der Waals surface area contributed by atoms with Crippen molar-refractivity contribution in [3.63, 3.8) is 0 Å². The van der Waals surface area contributed by atoms with Gasteiger partial charge in [0.2, 0.25) is 0 Å². The van der Waals surface area contributed by atoms with Crippen LogP contribution in [0.4, 0.5) is 5.69 Å². The number of carbonyl (C=O) groups excluding carboxylic acids is 1. The number of rotatable bonds is 1. The Labute approximate surface area is 127 Å². The van der Waals surface area contributed by atoms with Gasteiger partial charge in [0.1, 0.15) is 0 Å². The Balaban J connectivity index is 1.96. The van der Waals surface area contributed by atoms with Crippen molar-refractivity contribution in [1.29, 1.82) is 0 Å². The summed E-state index contributed by atoms with van der Waals surface area (Å²) >= 11 is 3.40. The Morgan fingerprint density at radius 1 is 1.15 bits per heavy atom. The van der Waals surface area contributed by atoms with Gasteiger partial charge in [-0.15, -0.1) is 0 Å². The minimum absolute atomic E-state index is 0.0855. The third kappa shape index (κ3) is 2.50. The van der Waals surface area contributed by atoms with Crippen molar-refractivity contribution in [1.82, 2.24) is 0 Å². The number of anilines is 1. The molecule has 0 unspecified atom stereocenters. The van der Waals surface area contributed by atoms with Crippen molar-refractivity contribution in [2.24, 2.45) is 0 Å². The van der Waals surface area contributed by atoms with Gasteiger partial charge in [0.15, 0.2) is 0 Å². The summed E-state index contributed by atoms with van der Waals surface area (Å²) in [5.41, 5.74) is 4.33. The fourth-order valence-electron chi connectivity index (χ4n) is 2.69. The standard InChI is InChI=1S/C17H16BrNO/c1-12-4-9-16-14(11-12)3-2-10-19(16)17(20)13-5-7-15(18)8-6-13/h4-9,11H,2-3,10H2,1H3. The molecule has 3 rings (SSSR count). The molecule has 1 aliphatic rings. The Morgan fingerprint density at radius 3 is 2.65 bits per heavy atom. The van der Waals surface area contributed by atoms with Crippen molar-refractivity contribution in [2.45, 2.75) is 19.8 Å². The van der Waals surface area contributed by atoms with Crippen LogP contribution in [0.3, 0.4) is 0 Å². The van der Waals surface area contributed by atoms with Crippen LogP contribution in [0.5, 0.6) is 0 Å². The van der Waals surface area contributed by atoms with E-state index in [4.69, 9.17) is 0 Å². The van der Waals surface area contributed by atoms with E-state index in [0.717, 1.165) is 35.1 Å². The normalized spacial score (nSPS) is 14.0. The first-order valence-corrected chi connectivity index (χ1v) is 7.61. The van der Waals surface area contributed by atoms with Gasteiger partial charge in [0.05, 0.1) is 0 Å². The van der Waals surface area contributed by atoms with Gasteiger partial charge in [0.25, 0.3) is 5.91 Å². The summed E-state index contributed by atoms with van der Waals surface area (Å²) in [4.78, 5) is 14.6. The van der Waals surface area contributed by atoms with Crippen LogP contribution in [0, 0.1) is 6.92 Å². The summed E-state index contributed by atoms with van der Waals surface area (Å²) < 4.78 is 0.990. The van der Waals surface area contributed by atoms with Gasteiger partial charge >= 0.3 is 0 Å². The molecule has 0 bridgehead atoms. The molecule has 0 aliphatic carbocycles. The summed E-state index contributed by atoms with van der Waals surface area (Å²) in [5.74, 6) is 0.0855. The molecule has 0 aromatic heterocycles. The summed E-state index contributed by atoms with van der Waals surface area (Å²) in [6.45, 7) is 2.89. The first-order chi connectivity index (χ1) is 9.65. The van der Waals surface area contributed by atoms with E-state index in [1.165, 1.54) is 11.1 Å². The van der Waals surface area contributed by atoms with Crippen LogP contribution in [0.25, 0.3) is 0 Å². The second kappa shape index (κ2) is 5.41. The molecule has 102 valence electrons. The highest BCUT2D eigenvalue weighted by Gasteiger charge is 2.23. The van der Waals surface area contributed by atoms with Crippen molar-refractivity contribution in [3.8, 4) is 0 Å². The molecule has 0 fully saturated rings. The van der Waals surface area contributed by atoms with E-state index < -0.39 is 0 Å². The molecule has 2 aromatic carbocycles. The van der Waals surface area contributed by atoms with E-state index >= 15 is 0 Å². The SMILES string of the molecule is Cc1ccc2c(c1)CCCN2C(=O)c1ccc(Br)cc1. The van der Waals surface area contributed by atoms with Crippen molar-refractivity contribution < 1.29 is 4.79 Å². The third-order valence-electron chi connectivity index (χ3n) is 3.69. The highest BCUT2D eigenvalue weighted by atomic mass is 79.9. The second-order valence-electron chi connectivity index (χ2n) is 5.20. The predicted molar refractivity (Wildman–Crippen MR) is 85.3 cm³/mol. The van der Waals surface area contributed by atoms with Gasteiger partial charge in [-0.1, -0.05) is 33.6 Å². The third-order valence-corrected chi connectivity index (χ3v) is 4.22. The van der Waals surface area contributed by atoms with Crippen LogP contribution in [-0.2, 0) is 6.42 Å². The summed E-state index contributed by atoms with van der Waals surface area (Å²) in [7, 11) is 0. The molecule has 20 heavy (non-hydrogen) atoms. The Morgan fingerprint density at radius 2 is 1.90 bits per heavy atom.